The van der Waals surface area contributed by atoms with E-state index in [-0.39, 0.29) is 30.2 Å². The van der Waals surface area contributed by atoms with Gasteiger partial charge in [0.05, 0.1) is 25.4 Å². The van der Waals surface area contributed by atoms with E-state index in [1.54, 1.807) is 0 Å². The Morgan fingerprint density at radius 1 is 0.929 bits per heavy atom. The Labute approximate surface area is 167 Å². The quantitative estimate of drug-likeness (QED) is 0.609. The van der Waals surface area contributed by atoms with Crippen LogP contribution in [0, 0.1) is 5.92 Å². The van der Waals surface area contributed by atoms with E-state index in [1.807, 2.05) is 43.3 Å². The molecule has 4 nitrogen and oxygen atoms in total. The zero-order valence-electron chi connectivity index (χ0n) is 16.8. The standard InChI is InChI=1S/C24H30O4/c1-18(28-19(2)25)22-14-9-15-23(26-16-20-10-5-3-6-11-20)24(22)27-17-21-12-7-4-8-13-21/h3-8,10-13,18,22-24H,9,14-17H2,1-2H3/t18?,22?,23?,24-/m1/s1. The molecule has 0 aromatic heterocycles. The van der Waals surface area contributed by atoms with Crippen LogP contribution in [0.15, 0.2) is 60.7 Å². The van der Waals surface area contributed by atoms with E-state index in [4.69, 9.17) is 14.2 Å². The number of esters is 1. The Morgan fingerprint density at radius 2 is 1.50 bits per heavy atom. The van der Waals surface area contributed by atoms with Crippen LogP contribution in [0.3, 0.4) is 0 Å². The minimum Gasteiger partial charge on any atom is -0.462 e. The third kappa shape index (κ3) is 5.91. The SMILES string of the molecule is CC(=O)OC(C)C1CCCC(OCc2ccccc2)[C@@H]1OCc1ccccc1. The molecule has 2 aromatic rings. The van der Waals surface area contributed by atoms with Gasteiger partial charge >= 0.3 is 5.97 Å². The first-order chi connectivity index (χ1) is 13.6. The first-order valence-corrected chi connectivity index (χ1v) is 10.1. The summed E-state index contributed by atoms with van der Waals surface area (Å²) in [5.41, 5.74) is 2.29. The molecule has 150 valence electrons. The van der Waals surface area contributed by atoms with E-state index in [0.29, 0.717) is 13.2 Å². The van der Waals surface area contributed by atoms with Gasteiger partial charge in [-0.15, -0.1) is 0 Å². The lowest BCUT2D eigenvalue weighted by Crippen LogP contribution is -2.46. The summed E-state index contributed by atoms with van der Waals surface area (Å²) < 4.78 is 18.2. The topological polar surface area (TPSA) is 44.8 Å². The van der Waals surface area contributed by atoms with E-state index in [2.05, 4.69) is 24.3 Å². The van der Waals surface area contributed by atoms with Crippen LogP contribution >= 0.6 is 0 Å². The van der Waals surface area contributed by atoms with Crippen LogP contribution in [0.1, 0.15) is 44.2 Å². The summed E-state index contributed by atoms with van der Waals surface area (Å²) in [6.45, 7) is 4.51. The molecule has 28 heavy (non-hydrogen) atoms. The van der Waals surface area contributed by atoms with Crippen molar-refractivity contribution in [1.82, 2.24) is 0 Å². The summed E-state index contributed by atoms with van der Waals surface area (Å²) >= 11 is 0. The van der Waals surface area contributed by atoms with Crippen molar-refractivity contribution in [3.63, 3.8) is 0 Å². The van der Waals surface area contributed by atoms with E-state index in [9.17, 15) is 4.79 Å². The van der Waals surface area contributed by atoms with Gasteiger partial charge in [0.15, 0.2) is 0 Å². The third-order valence-electron chi connectivity index (χ3n) is 5.36. The molecule has 0 bridgehead atoms. The monoisotopic (exact) mass is 382 g/mol. The Bertz CT molecular complexity index is 716. The Hall–Kier alpha value is -2.17. The smallest absolute Gasteiger partial charge is 0.302 e. The zero-order valence-corrected chi connectivity index (χ0v) is 16.8. The molecular formula is C24H30O4. The van der Waals surface area contributed by atoms with Crippen molar-refractivity contribution in [1.29, 1.82) is 0 Å². The molecule has 0 saturated heterocycles. The molecule has 4 atom stereocenters. The van der Waals surface area contributed by atoms with Crippen molar-refractivity contribution in [2.24, 2.45) is 5.92 Å². The lowest BCUT2D eigenvalue weighted by molar-refractivity contribution is -0.168. The predicted molar refractivity (Wildman–Crippen MR) is 109 cm³/mol. The molecule has 0 radical (unpaired) electrons. The molecule has 1 aliphatic rings. The maximum atomic E-state index is 11.5. The zero-order chi connectivity index (χ0) is 19.8. The fourth-order valence-electron chi connectivity index (χ4n) is 3.96. The minimum absolute atomic E-state index is 0.0133. The van der Waals surface area contributed by atoms with Gasteiger partial charge in [0, 0.05) is 12.8 Å². The first-order valence-electron chi connectivity index (χ1n) is 10.1. The number of carbonyl (C=O) groups excluding carboxylic acids is 1. The second-order valence-electron chi connectivity index (χ2n) is 7.51. The number of benzene rings is 2. The average Bonchev–Trinajstić information content (AvgIpc) is 2.72. The van der Waals surface area contributed by atoms with E-state index < -0.39 is 0 Å². The highest BCUT2D eigenvalue weighted by Crippen LogP contribution is 2.34. The molecule has 0 spiro atoms. The van der Waals surface area contributed by atoms with Gasteiger partial charge in [0.2, 0.25) is 0 Å². The van der Waals surface area contributed by atoms with Gasteiger partial charge in [0.25, 0.3) is 0 Å². The molecule has 3 rings (SSSR count). The lowest BCUT2D eigenvalue weighted by atomic mass is 9.81. The van der Waals surface area contributed by atoms with Crippen molar-refractivity contribution in [3.8, 4) is 0 Å². The van der Waals surface area contributed by atoms with Crippen molar-refractivity contribution < 1.29 is 19.0 Å². The molecule has 1 fully saturated rings. The number of ether oxygens (including phenoxy) is 3. The van der Waals surface area contributed by atoms with Gasteiger partial charge < -0.3 is 14.2 Å². The second kappa shape index (κ2) is 10.4. The van der Waals surface area contributed by atoms with E-state index in [0.717, 1.165) is 30.4 Å². The molecule has 3 unspecified atom stereocenters. The lowest BCUT2D eigenvalue weighted by Gasteiger charge is -2.40. The predicted octanol–water partition coefficient (Wildman–Crippen LogP) is 4.91. The van der Waals surface area contributed by atoms with Crippen molar-refractivity contribution in [3.05, 3.63) is 71.8 Å². The maximum absolute atomic E-state index is 11.5. The van der Waals surface area contributed by atoms with Gasteiger partial charge in [-0.3, -0.25) is 4.79 Å². The van der Waals surface area contributed by atoms with E-state index >= 15 is 0 Å². The average molecular weight is 383 g/mol. The molecular weight excluding hydrogens is 352 g/mol. The molecule has 1 saturated carbocycles. The van der Waals surface area contributed by atoms with Crippen LogP contribution in [0.25, 0.3) is 0 Å². The summed E-state index contributed by atoms with van der Waals surface area (Å²) in [5.74, 6) is -0.122. The fourth-order valence-corrected chi connectivity index (χ4v) is 3.96. The summed E-state index contributed by atoms with van der Waals surface area (Å²) in [4.78, 5) is 11.5. The maximum Gasteiger partial charge on any atom is 0.302 e. The van der Waals surface area contributed by atoms with Crippen LogP contribution in [0.2, 0.25) is 0 Å². The Balaban J connectivity index is 1.70. The van der Waals surface area contributed by atoms with Gasteiger partial charge in [0.1, 0.15) is 6.10 Å². The van der Waals surface area contributed by atoms with Crippen LogP contribution in [0.4, 0.5) is 0 Å². The van der Waals surface area contributed by atoms with Crippen molar-refractivity contribution >= 4 is 5.97 Å². The van der Waals surface area contributed by atoms with Gasteiger partial charge in [-0.25, -0.2) is 0 Å². The number of hydrogen-bond acceptors (Lipinski definition) is 4. The molecule has 2 aromatic carbocycles. The normalized spacial score (nSPS) is 23.1. The second-order valence-corrected chi connectivity index (χ2v) is 7.51. The summed E-state index contributed by atoms with van der Waals surface area (Å²) in [6, 6.07) is 20.4. The number of rotatable bonds is 8. The molecule has 1 aliphatic carbocycles. The van der Waals surface area contributed by atoms with Gasteiger partial charge in [-0.1, -0.05) is 67.1 Å². The highest BCUT2D eigenvalue weighted by molar-refractivity contribution is 5.66. The Morgan fingerprint density at radius 3 is 2.07 bits per heavy atom. The van der Waals surface area contributed by atoms with Crippen molar-refractivity contribution in [2.45, 2.75) is 64.6 Å². The van der Waals surface area contributed by atoms with Crippen LogP contribution < -0.4 is 0 Å². The largest absolute Gasteiger partial charge is 0.462 e. The van der Waals surface area contributed by atoms with Crippen molar-refractivity contribution in [2.75, 3.05) is 0 Å². The number of hydrogen-bond donors (Lipinski definition) is 0. The molecule has 0 heterocycles. The van der Waals surface area contributed by atoms with Gasteiger partial charge in [-0.05, 0) is 30.9 Å². The Kier molecular flexibility index (Phi) is 7.63. The summed E-state index contributed by atoms with van der Waals surface area (Å²) in [7, 11) is 0. The van der Waals surface area contributed by atoms with Crippen LogP contribution in [-0.4, -0.2) is 24.3 Å². The highest BCUT2D eigenvalue weighted by Gasteiger charge is 2.39. The molecule has 0 amide bonds. The highest BCUT2D eigenvalue weighted by atomic mass is 16.6. The fraction of sp³-hybridized carbons (Fsp3) is 0.458. The number of carbonyl (C=O) groups is 1. The van der Waals surface area contributed by atoms with Crippen LogP contribution in [-0.2, 0) is 32.2 Å². The molecule has 0 N–H and O–H groups in total. The third-order valence-corrected chi connectivity index (χ3v) is 5.36. The van der Waals surface area contributed by atoms with E-state index in [1.165, 1.54) is 6.92 Å². The summed E-state index contributed by atoms with van der Waals surface area (Å²) in [6.07, 6.45) is 2.66. The molecule has 4 heteroatoms. The summed E-state index contributed by atoms with van der Waals surface area (Å²) in [5, 5.41) is 0. The first kappa shape index (κ1) is 20.6. The molecule has 0 aliphatic heterocycles. The minimum atomic E-state index is -0.248. The van der Waals surface area contributed by atoms with Gasteiger partial charge in [-0.2, -0.15) is 0 Å². The van der Waals surface area contributed by atoms with Crippen LogP contribution in [0.5, 0.6) is 0 Å².